The molecule has 0 aliphatic heterocycles. The topological polar surface area (TPSA) is 74.8 Å². The Morgan fingerprint density at radius 3 is 3.00 bits per heavy atom. The Labute approximate surface area is 130 Å². The smallest absolute Gasteiger partial charge is 0.120 e. The first-order chi connectivity index (χ1) is 10.7. The minimum atomic E-state index is 0.578. The summed E-state index contributed by atoms with van der Waals surface area (Å²) in [6.07, 6.45) is 7.78. The first kappa shape index (κ1) is 15.9. The molecule has 0 bridgehead atoms. The van der Waals surface area contributed by atoms with Crippen LogP contribution in [0.3, 0.4) is 0 Å². The van der Waals surface area contributed by atoms with Crippen molar-refractivity contribution < 1.29 is 4.79 Å². The van der Waals surface area contributed by atoms with Gasteiger partial charge < -0.3 is 14.3 Å². The highest BCUT2D eigenvalue weighted by atomic mass is 16.1. The van der Waals surface area contributed by atoms with Crippen LogP contribution in [0.25, 0.3) is 11.4 Å². The number of hydrogen-bond acceptors (Lipinski definition) is 5. The third-order valence-corrected chi connectivity index (χ3v) is 3.39. The summed E-state index contributed by atoms with van der Waals surface area (Å²) in [6, 6.07) is 5.51. The molecule has 2 heterocycles. The molecule has 6 heteroatoms. The molecule has 0 radical (unpaired) electrons. The number of aldehydes is 1. The highest BCUT2D eigenvalue weighted by Crippen LogP contribution is 2.15. The average molecular weight is 297 g/mol. The summed E-state index contributed by atoms with van der Waals surface area (Å²) >= 11 is 0. The number of carbonyl (C=O) groups excluding carboxylic acids is 1. The van der Waals surface area contributed by atoms with Gasteiger partial charge in [0.2, 0.25) is 0 Å². The van der Waals surface area contributed by atoms with E-state index in [-0.39, 0.29) is 0 Å². The Kier molecular flexibility index (Phi) is 5.81. The van der Waals surface area contributed by atoms with Crippen molar-refractivity contribution in [2.75, 3.05) is 20.1 Å². The van der Waals surface area contributed by atoms with Crippen LogP contribution >= 0.6 is 0 Å². The number of rotatable bonds is 8. The zero-order chi connectivity index (χ0) is 15.8. The van der Waals surface area contributed by atoms with Crippen molar-refractivity contribution in [3.63, 3.8) is 0 Å². The molecular weight excluding hydrogens is 278 g/mol. The number of nitrogens with zero attached hydrogens (tertiary/aromatic N) is 5. The SMILES string of the molecule is CN(CCCC=O)CCn1cnc(-c2cc(C#N)ccn2)c1. The van der Waals surface area contributed by atoms with E-state index in [0.29, 0.717) is 17.7 Å². The first-order valence-electron chi connectivity index (χ1n) is 7.23. The lowest BCUT2D eigenvalue weighted by molar-refractivity contribution is -0.108. The quantitative estimate of drug-likeness (QED) is 0.548. The fourth-order valence-corrected chi connectivity index (χ4v) is 2.10. The van der Waals surface area contributed by atoms with Gasteiger partial charge in [0.25, 0.3) is 0 Å². The normalized spacial score (nSPS) is 10.6. The van der Waals surface area contributed by atoms with Crippen LogP contribution in [-0.4, -0.2) is 45.9 Å². The predicted molar refractivity (Wildman–Crippen MR) is 83.0 cm³/mol. The van der Waals surface area contributed by atoms with Gasteiger partial charge in [-0.3, -0.25) is 4.98 Å². The molecule has 2 aromatic heterocycles. The number of aromatic nitrogens is 3. The van der Waals surface area contributed by atoms with Gasteiger partial charge in [-0.1, -0.05) is 0 Å². The van der Waals surface area contributed by atoms with E-state index in [1.165, 1.54) is 0 Å². The van der Waals surface area contributed by atoms with Gasteiger partial charge in [0.05, 0.1) is 23.7 Å². The Morgan fingerprint density at radius 1 is 1.36 bits per heavy atom. The van der Waals surface area contributed by atoms with Crippen LogP contribution in [0, 0.1) is 11.3 Å². The van der Waals surface area contributed by atoms with Gasteiger partial charge >= 0.3 is 0 Å². The van der Waals surface area contributed by atoms with E-state index >= 15 is 0 Å². The molecule has 114 valence electrons. The highest BCUT2D eigenvalue weighted by Gasteiger charge is 2.05. The van der Waals surface area contributed by atoms with E-state index in [1.54, 1.807) is 24.7 Å². The van der Waals surface area contributed by atoms with E-state index in [0.717, 1.165) is 38.0 Å². The molecule has 0 saturated carbocycles. The molecule has 2 rings (SSSR count). The summed E-state index contributed by atoms with van der Waals surface area (Å²) < 4.78 is 2.01. The van der Waals surface area contributed by atoms with Gasteiger partial charge in [-0.25, -0.2) is 4.98 Å². The molecule has 0 aliphatic carbocycles. The van der Waals surface area contributed by atoms with Crippen LogP contribution in [0.1, 0.15) is 18.4 Å². The maximum Gasteiger partial charge on any atom is 0.120 e. The molecule has 0 N–H and O–H groups in total. The summed E-state index contributed by atoms with van der Waals surface area (Å²) in [7, 11) is 2.04. The zero-order valence-corrected chi connectivity index (χ0v) is 12.6. The number of pyridine rings is 1. The Bertz CT molecular complexity index is 659. The molecule has 2 aromatic rings. The lowest BCUT2D eigenvalue weighted by Crippen LogP contribution is -2.24. The van der Waals surface area contributed by atoms with Gasteiger partial charge in [0.1, 0.15) is 12.0 Å². The molecular formula is C16H19N5O. The molecule has 0 spiro atoms. The van der Waals surface area contributed by atoms with E-state index in [2.05, 4.69) is 20.9 Å². The van der Waals surface area contributed by atoms with Gasteiger partial charge in [0.15, 0.2) is 0 Å². The minimum Gasteiger partial charge on any atom is -0.335 e. The van der Waals surface area contributed by atoms with E-state index < -0.39 is 0 Å². The highest BCUT2D eigenvalue weighted by molar-refractivity contribution is 5.55. The second kappa shape index (κ2) is 8.05. The number of carbonyl (C=O) groups is 1. The third kappa shape index (κ3) is 4.50. The van der Waals surface area contributed by atoms with Crippen molar-refractivity contribution in [2.24, 2.45) is 0 Å². The Hall–Kier alpha value is -2.52. The van der Waals surface area contributed by atoms with Gasteiger partial charge in [-0.15, -0.1) is 0 Å². The maximum absolute atomic E-state index is 10.3. The lowest BCUT2D eigenvalue weighted by Gasteiger charge is -2.15. The van der Waals surface area contributed by atoms with Crippen LogP contribution in [0.5, 0.6) is 0 Å². The molecule has 0 fully saturated rings. The van der Waals surface area contributed by atoms with Crippen LogP contribution < -0.4 is 0 Å². The van der Waals surface area contributed by atoms with Crippen molar-refractivity contribution in [1.29, 1.82) is 5.26 Å². The average Bonchev–Trinajstić information content (AvgIpc) is 3.02. The fraction of sp³-hybridized carbons (Fsp3) is 0.375. The zero-order valence-electron chi connectivity index (χ0n) is 12.6. The summed E-state index contributed by atoms with van der Waals surface area (Å²) in [4.78, 5) is 21.1. The molecule has 0 unspecified atom stereocenters. The lowest BCUT2D eigenvalue weighted by atomic mass is 10.2. The van der Waals surface area contributed by atoms with Crippen molar-refractivity contribution in [2.45, 2.75) is 19.4 Å². The van der Waals surface area contributed by atoms with Gasteiger partial charge in [-0.05, 0) is 32.1 Å². The monoisotopic (exact) mass is 297 g/mol. The van der Waals surface area contributed by atoms with Crippen molar-refractivity contribution in [1.82, 2.24) is 19.4 Å². The van der Waals surface area contributed by atoms with Crippen LogP contribution in [-0.2, 0) is 11.3 Å². The third-order valence-electron chi connectivity index (χ3n) is 3.39. The van der Waals surface area contributed by atoms with Crippen LogP contribution in [0.15, 0.2) is 30.9 Å². The van der Waals surface area contributed by atoms with Gasteiger partial charge in [0, 0.05) is 31.9 Å². The Balaban J connectivity index is 1.91. The maximum atomic E-state index is 10.3. The standard InChI is InChI=1S/C16H19N5O/c1-20(6-2-3-9-22)7-8-21-12-16(19-13-21)15-10-14(11-17)4-5-18-15/h4-5,9-10,12-13H,2-3,6-8H2,1H3. The number of likely N-dealkylation sites (N-methyl/N-ethyl adjacent to an activating group) is 1. The molecule has 6 nitrogen and oxygen atoms in total. The van der Waals surface area contributed by atoms with Crippen LogP contribution in [0.4, 0.5) is 0 Å². The molecule has 0 aliphatic rings. The number of unbranched alkanes of at least 4 members (excludes halogenated alkanes) is 1. The van der Waals surface area contributed by atoms with Crippen molar-refractivity contribution in [3.05, 3.63) is 36.4 Å². The second-order valence-electron chi connectivity index (χ2n) is 5.15. The van der Waals surface area contributed by atoms with Gasteiger partial charge in [-0.2, -0.15) is 5.26 Å². The van der Waals surface area contributed by atoms with Crippen molar-refractivity contribution in [3.8, 4) is 17.5 Å². The molecule has 22 heavy (non-hydrogen) atoms. The van der Waals surface area contributed by atoms with E-state index in [4.69, 9.17) is 5.26 Å². The largest absolute Gasteiger partial charge is 0.335 e. The first-order valence-corrected chi connectivity index (χ1v) is 7.23. The van der Waals surface area contributed by atoms with E-state index in [1.807, 2.05) is 17.8 Å². The Morgan fingerprint density at radius 2 is 2.23 bits per heavy atom. The minimum absolute atomic E-state index is 0.578. The molecule has 0 amide bonds. The summed E-state index contributed by atoms with van der Waals surface area (Å²) in [5.74, 6) is 0. The van der Waals surface area contributed by atoms with Crippen molar-refractivity contribution >= 4 is 6.29 Å². The molecule has 0 aromatic carbocycles. The van der Waals surface area contributed by atoms with E-state index in [9.17, 15) is 4.79 Å². The van der Waals surface area contributed by atoms with Crippen LogP contribution in [0.2, 0.25) is 0 Å². The molecule has 0 atom stereocenters. The molecule has 0 saturated heterocycles. The fourth-order valence-electron chi connectivity index (χ4n) is 2.10. The predicted octanol–water partition coefficient (Wildman–Crippen LogP) is 1.73. The summed E-state index contributed by atoms with van der Waals surface area (Å²) in [5, 5.41) is 8.92. The number of hydrogen-bond donors (Lipinski definition) is 0. The second-order valence-corrected chi connectivity index (χ2v) is 5.15. The summed E-state index contributed by atoms with van der Waals surface area (Å²) in [6.45, 7) is 2.62. The summed E-state index contributed by atoms with van der Waals surface area (Å²) in [5.41, 5.74) is 2.05. The number of imidazole rings is 1. The number of nitriles is 1.